The molecule has 2 aromatic carbocycles. The minimum atomic E-state index is -0.561. The summed E-state index contributed by atoms with van der Waals surface area (Å²) in [5, 5.41) is 15.0. The second-order valence-corrected chi connectivity index (χ2v) is 9.07. The minimum absolute atomic E-state index is 0. The Morgan fingerprint density at radius 1 is 0.974 bits per heavy atom. The van der Waals surface area contributed by atoms with Crippen LogP contribution in [0.4, 0.5) is 16.3 Å². The highest BCUT2D eigenvalue weighted by atomic mass is 127. The van der Waals surface area contributed by atoms with Crippen LogP contribution < -0.4 is 10.6 Å². The molecule has 0 fully saturated rings. The average molecular weight is 679 g/mol. The van der Waals surface area contributed by atoms with Gasteiger partial charge in [-0.3, -0.25) is 5.32 Å². The lowest BCUT2D eigenvalue weighted by Gasteiger charge is -2.19. The minimum Gasteiger partial charge on any atom is -0.444 e. The largest absolute Gasteiger partial charge is 0.444 e. The first-order chi connectivity index (χ1) is 17.3. The number of ether oxygens (including phenoxy) is 1. The third-order valence-electron chi connectivity index (χ3n) is 4.12. The van der Waals surface area contributed by atoms with Crippen LogP contribution in [0.25, 0.3) is 11.4 Å². The van der Waals surface area contributed by atoms with Gasteiger partial charge in [0.1, 0.15) is 11.4 Å². The van der Waals surface area contributed by atoms with Crippen molar-refractivity contribution < 1.29 is 27.0 Å². The van der Waals surface area contributed by atoms with Crippen molar-refractivity contribution in [2.24, 2.45) is 0 Å². The van der Waals surface area contributed by atoms with Gasteiger partial charge in [0.15, 0.2) is 5.82 Å². The molecule has 0 saturated carbocycles. The molecule has 0 saturated heterocycles. The predicted molar refractivity (Wildman–Crippen MR) is 176 cm³/mol. The van der Waals surface area contributed by atoms with Crippen LogP contribution in [0.5, 0.6) is 0 Å². The number of amides is 1. The Balaban J connectivity index is -0.000000774. The van der Waals surface area contributed by atoms with E-state index >= 15 is 0 Å². The van der Waals surface area contributed by atoms with Crippen molar-refractivity contribution in [1.82, 2.24) is 9.97 Å². The standard InChI is InChI=1S/C24H28N4O3S.2C2H6.HI.2H2O.H2/c1-24(2,3)31-23(30)27-18-11-9-17(10-12-18)22-26-19(15-21(28-22)25-13-14-29)16-32-20-7-5-4-6-8-20;2*1-2;;;;/h4-12,15,29H,13-14,16H2,1-3H3,(H,27,30)(H,25,26,28);2*1-2H3;1H;2*1H2;1H. The summed E-state index contributed by atoms with van der Waals surface area (Å²) in [6, 6.07) is 19.3. The zero-order chi connectivity index (χ0) is 27.0. The summed E-state index contributed by atoms with van der Waals surface area (Å²) in [6.07, 6.45) is -0.503. The molecular formula is C28H47IN4O5S. The molecule has 3 rings (SSSR count). The number of aliphatic hydroxyl groups excluding tert-OH is 1. The molecule has 0 radical (unpaired) electrons. The third-order valence-corrected chi connectivity index (χ3v) is 5.16. The summed E-state index contributed by atoms with van der Waals surface area (Å²) in [7, 11) is 0. The van der Waals surface area contributed by atoms with Gasteiger partial charge in [-0.05, 0) is 57.2 Å². The van der Waals surface area contributed by atoms with Crippen LogP contribution >= 0.6 is 35.7 Å². The van der Waals surface area contributed by atoms with Gasteiger partial charge in [0, 0.05) is 35.9 Å². The van der Waals surface area contributed by atoms with Gasteiger partial charge >= 0.3 is 6.09 Å². The molecule has 0 aliphatic rings. The zero-order valence-electron chi connectivity index (χ0n) is 23.9. The summed E-state index contributed by atoms with van der Waals surface area (Å²) in [5.74, 6) is 1.91. The molecule has 7 N–H and O–H groups in total. The van der Waals surface area contributed by atoms with Crippen LogP contribution in [0.2, 0.25) is 0 Å². The number of benzene rings is 2. The highest BCUT2D eigenvalue weighted by molar-refractivity contribution is 14.0. The SMILES string of the molecule is CC.CC.CC(C)(C)OC(=O)Nc1ccc(-c2nc(CSc3ccccc3)cc(NCCO)n2)cc1.I.O.O.[HH]. The molecule has 1 aromatic heterocycles. The maximum absolute atomic E-state index is 12.0. The highest BCUT2D eigenvalue weighted by Crippen LogP contribution is 2.25. The van der Waals surface area contributed by atoms with Crippen LogP contribution in [0, 0.1) is 0 Å². The molecule has 0 aliphatic carbocycles. The molecule has 0 unspecified atom stereocenters. The molecule has 9 nitrogen and oxygen atoms in total. The Bertz CT molecular complexity index is 1040. The number of aliphatic hydroxyl groups is 1. The number of nitrogens with zero attached hydrogens (tertiary/aromatic N) is 2. The maximum Gasteiger partial charge on any atom is 0.412 e. The number of aromatic nitrogens is 2. The summed E-state index contributed by atoms with van der Waals surface area (Å²) in [5.41, 5.74) is 1.75. The highest BCUT2D eigenvalue weighted by Gasteiger charge is 2.16. The fourth-order valence-electron chi connectivity index (χ4n) is 2.77. The topological polar surface area (TPSA) is 159 Å². The van der Waals surface area contributed by atoms with E-state index in [2.05, 4.69) is 27.8 Å². The smallest absolute Gasteiger partial charge is 0.412 e. The van der Waals surface area contributed by atoms with E-state index in [1.165, 1.54) is 0 Å². The number of rotatable bonds is 8. The van der Waals surface area contributed by atoms with Crippen LogP contribution in [-0.2, 0) is 10.5 Å². The summed E-state index contributed by atoms with van der Waals surface area (Å²) in [4.78, 5) is 22.4. The number of carbonyl (C=O) groups excluding carboxylic acids is 1. The van der Waals surface area contributed by atoms with Gasteiger partial charge in [-0.2, -0.15) is 0 Å². The Morgan fingerprint density at radius 3 is 2.10 bits per heavy atom. The van der Waals surface area contributed by atoms with Gasteiger partial charge in [0.05, 0.1) is 12.3 Å². The molecular weight excluding hydrogens is 631 g/mol. The van der Waals surface area contributed by atoms with E-state index in [1.807, 2.05) is 84.9 Å². The lowest BCUT2D eigenvalue weighted by atomic mass is 10.2. The Kier molecular flexibility index (Phi) is 23.5. The fourth-order valence-corrected chi connectivity index (χ4v) is 3.59. The molecule has 11 heteroatoms. The third kappa shape index (κ3) is 16.3. The number of hydrogen-bond acceptors (Lipinski definition) is 7. The first-order valence-electron chi connectivity index (χ1n) is 12.3. The van der Waals surface area contributed by atoms with Gasteiger partial charge in [-0.15, -0.1) is 35.7 Å². The Labute approximate surface area is 255 Å². The number of thioether (sulfide) groups is 1. The van der Waals surface area contributed by atoms with Gasteiger partial charge in [0.2, 0.25) is 0 Å². The summed E-state index contributed by atoms with van der Waals surface area (Å²) >= 11 is 1.69. The second kappa shape index (κ2) is 22.4. The van der Waals surface area contributed by atoms with Crippen molar-refractivity contribution in [2.45, 2.75) is 64.7 Å². The first-order valence-corrected chi connectivity index (χ1v) is 13.3. The van der Waals surface area contributed by atoms with E-state index in [-0.39, 0.29) is 43.0 Å². The molecule has 0 atom stereocenters. The average Bonchev–Trinajstić information content (AvgIpc) is 2.88. The van der Waals surface area contributed by atoms with E-state index in [4.69, 9.17) is 14.8 Å². The number of anilines is 2. The van der Waals surface area contributed by atoms with Crippen LogP contribution in [0.3, 0.4) is 0 Å². The second-order valence-electron chi connectivity index (χ2n) is 8.02. The summed E-state index contributed by atoms with van der Waals surface area (Å²) < 4.78 is 5.28. The molecule has 0 aliphatic heterocycles. The lowest BCUT2D eigenvalue weighted by molar-refractivity contribution is 0.0636. The number of nitrogens with one attached hydrogen (secondary N) is 2. The Hall–Kier alpha value is -2.45. The molecule has 222 valence electrons. The van der Waals surface area contributed by atoms with E-state index in [1.54, 1.807) is 23.9 Å². The molecule has 0 bridgehead atoms. The van der Waals surface area contributed by atoms with Crippen molar-refractivity contribution >= 4 is 53.3 Å². The molecule has 1 amide bonds. The normalized spacial score (nSPS) is 9.44. The first kappa shape index (κ1) is 41.0. The van der Waals surface area contributed by atoms with Crippen molar-refractivity contribution in [1.29, 1.82) is 0 Å². The van der Waals surface area contributed by atoms with Gasteiger partial charge < -0.3 is 26.1 Å². The molecule has 1 heterocycles. The predicted octanol–water partition coefficient (Wildman–Crippen LogP) is 6.45. The van der Waals surface area contributed by atoms with E-state index in [0.717, 1.165) is 16.2 Å². The monoisotopic (exact) mass is 678 g/mol. The van der Waals surface area contributed by atoms with E-state index in [9.17, 15) is 4.79 Å². The van der Waals surface area contributed by atoms with Crippen molar-refractivity contribution in [3.63, 3.8) is 0 Å². The fraction of sp³-hybridized carbons (Fsp3) is 0.393. The molecule has 39 heavy (non-hydrogen) atoms. The number of halogens is 1. The maximum atomic E-state index is 12.0. The zero-order valence-corrected chi connectivity index (χ0v) is 27.0. The number of carbonyl (C=O) groups is 1. The Morgan fingerprint density at radius 2 is 1.56 bits per heavy atom. The van der Waals surface area contributed by atoms with Crippen LogP contribution in [0.1, 0.15) is 55.6 Å². The van der Waals surface area contributed by atoms with Gasteiger partial charge in [-0.25, -0.2) is 14.8 Å². The summed E-state index contributed by atoms with van der Waals surface area (Å²) in [6.45, 7) is 13.9. The van der Waals surface area contributed by atoms with Gasteiger partial charge in [0.25, 0.3) is 0 Å². The quantitative estimate of drug-likeness (QED) is 0.182. The van der Waals surface area contributed by atoms with Crippen molar-refractivity contribution in [3.8, 4) is 11.4 Å². The van der Waals surface area contributed by atoms with E-state index < -0.39 is 11.7 Å². The van der Waals surface area contributed by atoms with Crippen LogP contribution in [-0.4, -0.2) is 50.9 Å². The molecule has 3 aromatic rings. The lowest BCUT2D eigenvalue weighted by Crippen LogP contribution is -2.27. The van der Waals surface area contributed by atoms with E-state index in [0.29, 0.717) is 29.6 Å². The van der Waals surface area contributed by atoms with Gasteiger partial charge in [-0.1, -0.05) is 45.9 Å². The van der Waals surface area contributed by atoms with Crippen molar-refractivity contribution in [3.05, 3.63) is 66.4 Å². The van der Waals surface area contributed by atoms with Crippen molar-refractivity contribution in [2.75, 3.05) is 23.8 Å². The molecule has 0 spiro atoms. The van der Waals surface area contributed by atoms with Crippen LogP contribution in [0.15, 0.2) is 65.6 Å². The number of hydrogen-bond donors (Lipinski definition) is 3.